The molecule has 2 aromatic carbocycles. The number of benzene rings is 2. The van der Waals surface area contributed by atoms with Gasteiger partial charge in [0.2, 0.25) is 0 Å². The molecule has 2 rings (SSSR count). The third kappa shape index (κ3) is 2.41. The molecule has 0 heterocycles. The summed E-state index contributed by atoms with van der Waals surface area (Å²) in [4.78, 5) is 11.5. The quantitative estimate of drug-likeness (QED) is 0.776. The van der Waals surface area contributed by atoms with Crippen molar-refractivity contribution in [3.63, 3.8) is 0 Å². The molecule has 20 heavy (non-hydrogen) atoms. The van der Waals surface area contributed by atoms with Crippen LogP contribution in [-0.2, 0) is 0 Å². The Hall–Kier alpha value is -1.51. The Bertz CT molecular complexity index is 677. The standard InChI is InChI=1S/C16H14Cl2O2/c1-8-13(9(2)15(18)16(20)14(8)17)12-6-4-5-11(7-12)10(3)19/h4-7,20H,1-3H3. The van der Waals surface area contributed by atoms with E-state index < -0.39 is 0 Å². The van der Waals surface area contributed by atoms with Crippen LogP contribution in [0.3, 0.4) is 0 Å². The molecule has 0 spiro atoms. The molecule has 104 valence electrons. The molecule has 0 aliphatic heterocycles. The molecule has 0 saturated heterocycles. The van der Waals surface area contributed by atoms with Crippen LogP contribution in [0.15, 0.2) is 24.3 Å². The zero-order valence-electron chi connectivity index (χ0n) is 11.4. The van der Waals surface area contributed by atoms with Gasteiger partial charge in [0.1, 0.15) is 0 Å². The number of rotatable bonds is 2. The van der Waals surface area contributed by atoms with Crippen LogP contribution in [0.2, 0.25) is 10.0 Å². The zero-order chi connectivity index (χ0) is 15.0. The molecular weight excluding hydrogens is 295 g/mol. The van der Waals surface area contributed by atoms with Crippen molar-refractivity contribution < 1.29 is 9.90 Å². The summed E-state index contributed by atoms with van der Waals surface area (Å²) in [6, 6.07) is 7.28. The molecule has 0 atom stereocenters. The number of hydrogen-bond acceptors (Lipinski definition) is 2. The number of phenolic OH excluding ortho intramolecular Hbond substituents is 1. The molecule has 0 bridgehead atoms. The minimum absolute atomic E-state index is 0.00173. The summed E-state index contributed by atoms with van der Waals surface area (Å²) in [7, 11) is 0. The maximum atomic E-state index is 11.5. The highest BCUT2D eigenvalue weighted by atomic mass is 35.5. The van der Waals surface area contributed by atoms with Gasteiger partial charge in [0.25, 0.3) is 0 Å². The van der Waals surface area contributed by atoms with Crippen LogP contribution in [0.1, 0.15) is 28.4 Å². The van der Waals surface area contributed by atoms with Gasteiger partial charge in [0.05, 0.1) is 10.0 Å². The van der Waals surface area contributed by atoms with Gasteiger partial charge in [-0.2, -0.15) is 0 Å². The van der Waals surface area contributed by atoms with Crippen LogP contribution in [0.25, 0.3) is 11.1 Å². The van der Waals surface area contributed by atoms with Gasteiger partial charge in [-0.3, -0.25) is 4.79 Å². The fourth-order valence-electron chi connectivity index (χ4n) is 2.28. The Morgan fingerprint density at radius 1 is 1.10 bits per heavy atom. The SMILES string of the molecule is CC(=O)c1cccc(-c2c(C)c(Cl)c(O)c(Cl)c2C)c1. The molecule has 0 saturated carbocycles. The maximum absolute atomic E-state index is 11.5. The van der Waals surface area contributed by atoms with E-state index in [1.807, 2.05) is 26.0 Å². The Morgan fingerprint density at radius 2 is 1.65 bits per heavy atom. The highest BCUT2D eigenvalue weighted by molar-refractivity contribution is 6.38. The van der Waals surface area contributed by atoms with Crippen LogP contribution in [0.5, 0.6) is 5.75 Å². The van der Waals surface area contributed by atoms with Crippen molar-refractivity contribution in [2.24, 2.45) is 0 Å². The molecule has 0 aromatic heterocycles. The summed E-state index contributed by atoms with van der Waals surface area (Å²) in [5.74, 6) is -0.104. The predicted molar refractivity (Wildman–Crippen MR) is 83.0 cm³/mol. The van der Waals surface area contributed by atoms with Gasteiger partial charge in [0, 0.05) is 5.56 Å². The highest BCUT2D eigenvalue weighted by Gasteiger charge is 2.18. The summed E-state index contributed by atoms with van der Waals surface area (Å²) in [5.41, 5.74) is 3.82. The van der Waals surface area contributed by atoms with E-state index in [2.05, 4.69) is 0 Å². The van der Waals surface area contributed by atoms with Crippen LogP contribution in [0, 0.1) is 13.8 Å². The first-order valence-corrected chi connectivity index (χ1v) is 6.88. The molecule has 0 aliphatic carbocycles. The van der Waals surface area contributed by atoms with E-state index in [0.717, 1.165) is 22.3 Å². The van der Waals surface area contributed by atoms with Gasteiger partial charge >= 0.3 is 0 Å². The lowest BCUT2D eigenvalue weighted by Crippen LogP contribution is -1.95. The fourth-order valence-corrected chi connectivity index (χ4v) is 2.71. The summed E-state index contributed by atoms with van der Waals surface area (Å²) >= 11 is 12.2. The van der Waals surface area contributed by atoms with Crippen molar-refractivity contribution in [1.82, 2.24) is 0 Å². The molecule has 0 amide bonds. The number of phenols is 1. The minimum atomic E-state index is -0.102. The Kier molecular flexibility index (Phi) is 4.07. The van der Waals surface area contributed by atoms with Crippen molar-refractivity contribution >= 4 is 29.0 Å². The molecule has 0 fully saturated rings. The van der Waals surface area contributed by atoms with Crippen molar-refractivity contribution in [3.05, 3.63) is 51.0 Å². The number of hydrogen-bond donors (Lipinski definition) is 1. The van der Waals surface area contributed by atoms with Gasteiger partial charge in [0.15, 0.2) is 11.5 Å². The van der Waals surface area contributed by atoms with E-state index in [9.17, 15) is 9.90 Å². The number of Topliss-reactive ketones (excluding diaryl/α,β-unsaturated/α-hetero) is 1. The third-order valence-corrected chi connectivity index (χ3v) is 4.31. The maximum Gasteiger partial charge on any atom is 0.159 e. The Labute approximate surface area is 128 Å². The smallest absolute Gasteiger partial charge is 0.159 e. The van der Waals surface area contributed by atoms with Gasteiger partial charge in [-0.15, -0.1) is 0 Å². The molecule has 1 N–H and O–H groups in total. The van der Waals surface area contributed by atoms with E-state index in [-0.39, 0.29) is 21.6 Å². The van der Waals surface area contributed by atoms with Gasteiger partial charge in [-0.05, 0) is 49.1 Å². The lowest BCUT2D eigenvalue weighted by atomic mass is 9.93. The third-order valence-electron chi connectivity index (χ3n) is 3.38. The van der Waals surface area contributed by atoms with Crippen molar-refractivity contribution in [2.45, 2.75) is 20.8 Å². The predicted octanol–water partition coefficient (Wildman–Crippen LogP) is 5.19. The zero-order valence-corrected chi connectivity index (χ0v) is 12.9. The molecule has 2 aromatic rings. The molecular formula is C16H14Cl2O2. The van der Waals surface area contributed by atoms with E-state index in [4.69, 9.17) is 23.2 Å². The van der Waals surface area contributed by atoms with Crippen LogP contribution in [-0.4, -0.2) is 10.9 Å². The lowest BCUT2D eigenvalue weighted by molar-refractivity contribution is 0.101. The second-order valence-corrected chi connectivity index (χ2v) is 5.49. The second-order valence-electron chi connectivity index (χ2n) is 4.74. The van der Waals surface area contributed by atoms with Crippen LogP contribution < -0.4 is 0 Å². The van der Waals surface area contributed by atoms with Crippen LogP contribution >= 0.6 is 23.2 Å². The first kappa shape index (κ1) is 14.9. The average molecular weight is 309 g/mol. The summed E-state index contributed by atoms with van der Waals surface area (Å²) in [5, 5.41) is 10.3. The number of aromatic hydroxyl groups is 1. The number of halogens is 2. The highest BCUT2D eigenvalue weighted by Crippen LogP contribution is 2.43. The van der Waals surface area contributed by atoms with Crippen molar-refractivity contribution in [2.75, 3.05) is 0 Å². The molecule has 0 unspecified atom stereocenters. The largest absolute Gasteiger partial charge is 0.505 e. The minimum Gasteiger partial charge on any atom is -0.505 e. The molecule has 0 aliphatic rings. The summed E-state index contributed by atoms with van der Waals surface area (Å²) in [6.45, 7) is 5.16. The monoisotopic (exact) mass is 308 g/mol. The summed E-state index contributed by atoms with van der Waals surface area (Å²) in [6.07, 6.45) is 0. The first-order valence-electron chi connectivity index (χ1n) is 6.13. The summed E-state index contributed by atoms with van der Waals surface area (Å²) < 4.78 is 0. The van der Waals surface area contributed by atoms with Gasteiger partial charge < -0.3 is 5.11 Å². The Balaban J connectivity index is 2.76. The normalized spacial score (nSPS) is 10.7. The fraction of sp³-hybridized carbons (Fsp3) is 0.188. The second kappa shape index (κ2) is 5.47. The van der Waals surface area contributed by atoms with E-state index >= 15 is 0 Å². The lowest BCUT2D eigenvalue weighted by Gasteiger charge is -2.16. The van der Waals surface area contributed by atoms with Crippen LogP contribution in [0.4, 0.5) is 0 Å². The van der Waals surface area contributed by atoms with E-state index in [1.165, 1.54) is 6.92 Å². The molecule has 4 heteroatoms. The topological polar surface area (TPSA) is 37.3 Å². The van der Waals surface area contributed by atoms with E-state index in [1.54, 1.807) is 12.1 Å². The average Bonchev–Trinajstić information content (AvgIpc) is 2.43. The van der Waals surface area contributed by atoms with Crippen molar-refractivity contribution in [3.8, 4) is 16.9 Å². The van der Waals surface area contributed by atoms with E-state index in [0.29, 0.717) is 5.56 Å². The molecule has 2 nitrogen and oxygen atoms in total. The number of carbonyl (C=O) groups is 1. The van der Waals surface area contributed by atoms with Gasteiger partial charge in [-0.25, -0.2) is 0 Å². The molecule has 0 radical (unpaired) electrons. The number of carbonyl (C=O) groups excluding carboxylic acids is 1. The van der Waals surface area contributed by atoms with Crippen molar-refractivity contribution in [1.29, 1.82) is 0 Å². The Morgan fingerprint density at radius 3 is 2.15 bits per heavy atom. The first-order chi connectivity index (χ1) is 9.34. The van der Waals surface area contributed by atoms with Gasteiger partial charge in [-0.1, -0.05) is 41.4 Å². The number of ketones is 1.